The number of carbonyl (C=O) groups excluding carboxylic acids is 1. The van der Waals surface area contributed by atoms with Crippen LogP contribution in [-0.2, 0) is 6.54 Å². The molecular weight excluding hydrogens is 294 g/mol. The quantitative estimate of drug-likeness (QED) is 0.948. The van der Waals surface area contributed by atoms with Crippen LogP contribution in [-0.4, -0.2) is 15.9 Å². The van der Waals surface area contributed by atoms with Gasteiger partial charge in [0.05, 0.1) is 12.2 Å². The molecule has 92 valence electrons. The van der Waals surface area contributed by atoms with Crippen LogP contribution in [0.3, 0.4) is 0 Å². The van der Waals surface area contributed by atoms with Crippen LogP contribution in [0.2, 0.25) is 0 Å². The molecule has 1 N–H and O–H groups in total. The van der Waals surface area contributed by atoms with E-state index in [4.69, 9.17) is 0 Å². The Morgan fingerprint density at radius 2 is 2.00 bits per heavy atom. The summed E-state index contributed by atoms with van der Waals surface area (Å²) in [6.45, 7) is 2.22. The van der Waals surface area contributed by atoms with Crippen LogP contribution in [0.5, 0.6) is 0 Å². The van der Waals surface area contributed by atoms with Crippen molar-refractivity contribution in [3.63, 3.8) is 0 Å². The number of amides is 1. The molecule has 0 radical (unpaired) electrons. The number of hydrogen-bond donors (Lipinski definition) is 1. The molecule has 0 saturated heterocycles. The van der Waals surface area contributed by atoms with E-state index in [0.29, 0.717) is 17.9 Å². The zero-order valence-electron chi connectivity index (χ0n) is 9.85. The average Bonchev–Trinajstić information content (AvgIpc) is 2.37. The van der Waals surface area contributed by atoms with Gasteiger partial charge in [-0.1, -0.05) is 15.9 Å². The molecule has 4 nitrogen and oxygen atoms in total. The largest absolute Gasteiger partial charge is 0.346 e. The number of halogens is 1. The maximum atomic E-state index is 11.8. The Bertz CT molecular complexity index is 554. The van der Waals surface area contributed by atoms with E-state index >= 15 is 0 Å². The number of carbonyl (C=O) groups is 1. The van der Waals surface area contributed by atoms with E-state index in [-0.39, 0.29) is 5.91 Å². The number of aromatic nitrogens is 2. The van der Waals surface area contributed by atoms with Crippen molar-refractivity contribution in [3.8, 4) is 0 Å². The second-order valence-electron chi connectivity index (χ2n) is 3.78. The van der Waals surface area contributed by atoms with Crippen molar-refractivity contribution in [2.75, 3.05) is 0 Å². The van der Waals surface area contributed by atoms with E-state index < -0.39 is 0 Å². The summed E-state index contributed by atoms with van der Waals surface area (Å²) in [6, 6.07) is 9.00. The first kappa shape index (κ1) is 12.7. The van der Waals surface area contributed by atoms with Gasteiger partial charge in [0.1, 0.15) is 5.82 Å². The van der Waals surface area contributed by atoms with Gasteiger partial charge in [-0.3, -0.25) is 4.79 Å². The van der Waals surface area contributed by atoms with Crippen LogP contribution in [0.15, 0.2) is 41.0 Å². The van der Waals surface area contributed by atoms with Crippen molar-refractivity contribution in [1.82, 2.24) is 15.3 Å². The van der Waals surface area contributed by atoms with Gasteiger partial charge >= 0.3 is 0 Å². The molecule has 1 aromatic heterocycles. The number of nitrogens with zero attached hydrogens (tertiary/aromatic N) is 2. The van der Waals surface area contributed by atoms with Crippen molar-refractivity contribution in [3.05, 3.63) is 58.1 Å². The molecule has 5 heteroatoms. The molecule has 1 amide bonds. The van der Waals surface area contributed by atoms with Gasteiger partial charge in [0.15, 0.2) is 0 Å². The zero-order chi connectivity index (χ0) is 13.0. The summed E-state index contributed by atoms with van der Waals surface area (Å²) in [5, 5.41) is 2.82. The van der Waals surface area contributed by atoms with Crippen molar-refractivity contribution in [2.45, 2.75) is 13.5 Å². The molecule has 2 aromatic rings. The second kappa shape index (κ2) is 5.73. The fraction of sp³-hybridized carbons (Fsp3) is 0.154. The van der Waals surface area contributed by atoms with Gasteiger partial charge in [-0.25, -0.2) is 9.97 Å². The van der Waals surface area contributed by atoms with Crippen LogP contribution in [0.1, 0.15) is 21.9 Å². The normalized spacial score (nSPS) is 10.1. The zero-order valence-corrected chi connectivity index (χ0v) is 11.4. The Morgan fingerprint density at radius 1 is 1.28 bits per heavy atom. The Balaban J connectivity index is 1.98. The van der Waals surface area contributed by atoms with Gasteiger partial charge < -0.3 is 5.32 Å². The van der Waals surface area contributed by atoms with Gasteiger partial charge in [0.2, 0.25) is 0 Å². The Kier molecular flexibility index (Phi) is 4.04. The van der Waals surface area contributed by atoms with E-state index in [1.54, 1.807) is 24.4 Å². The second-order valence-corrected chi connectivity index (χ2v) is 4.70. The molecule has 0 saturated carbocycles. The molecule has 0 aliphatic carbocycles. The van der Waals surface area contributed by atoms with Crippen LogP contribution < -0.4 is 5.32 Å². The summed E-state index contributed by atoms with van der Waals surface area (Å²) in [4.78, 5) is 20.1. The number of aryl methyl sites for hydroxylation is 1. The first-order valence-electron chi connectivity index (χ1n) is 5.47. The van der Waals surface area contributed by atoms with Gasteiger partial charge in [-0.05, 0) is 37.3 Å². The van der Waals surface area contributed by atoms with Gasteiger partial charge in [0.25, 0.3) is 5.91 Å². The van der Waals surface area contributed by atoms with Crippen LogP contribution in [0.4, 0.5) is 0 Å². The van der Waals surface area contributed by atoms with E-state index in [1.807, 2.05) is 19.1 Å². The van der Waals surface area contributed by atoms with E-state index in [0.717, 1.165) is 10.2 Å². The molecule has 0 aliphatic rings. The molecule has 2 rings (SSSR count). The molecule has 0 bridgehead atoms. The molecule has 18 heavy (non-hydrogen) atoms. The van der Waals surface area contributed by atoms with Gasteiger partial charge in [-0.2, -0.15) is 0 Å². The van der Waals surface area contributed by atoms with E-state index in [2.05, 4.69) is 31.2 Å². The SMILES string of the molecule is Cc1nccc(CNC(=O)c2ccc(Br)cc2)n1. The fourth-order valence-electron chi connectivity index (χ4n) is 1.48. The third-order valence-electron chi connectivity index (χ3n) is 2.37. The third kappa shape index (κ3) is 3.37. The summed E-state index contributed by atoms with van der Waals surface area (Å²) < 4.78 is 0.950. The lowest BCUT2D eigenvalue weighted by Gasteiger charge is -2.05. The molecule has 1 heterocycles. The fourth-order valence-corrected chi connectivity index (χ4v) is 1.74. The minimum Gasteiger partial charge on any atom is -0.346 e. The van der Waals surface area contributed by atoms with Crippen LogP contribution >= 0.6 is 15.9 Å². The minimum atomic E-state index is -0.112. The van der Waals surface area contributed by atoms with Gasteiger partial charge in [0, 0.05) is 16.2 Å². The number of nitrogens with one attached hydrogen (secondary N) is 1. The highest BCUT2D eigenvalue weighted by Crippen LogP contribution is 2.10. The van der Waals surface area contributed by atoms with Gasteiger partial charge in [-0.15, -0.1) is 0 Å². The van der Waals surface area contributed by atoms with Crippen molar-refractivity contribution in [1.29, 1.82) is 0 Å². The lowest BCUT2D eigenvalue weighted by atomic mass is 10.2. The topological polar surface area (TPSA) is 54.9 Å². The van der Waals surface area contributed by atoms with Crippen LogP contribution in [0.25, 0.3) is 0 Å². The summed E-state index contributed by atoms with van der Waals surface area (Å²) in [5.74, 6) is 0.587. The third-order valence-corrected chi connectivity index (χ3v) is 2.90. The van der Waals surface area contributed by atoms with E-state index in [9.17, 15) is 4.79 Å². The summed E-state index contributed by atoms with van der Waals surface area (Å²) in [6.07, 6.45) is 1.68. The average molecular weight is 306 g/mol. The predicted molar refractivity (Wildman–Crippen MR) is 72.1 cm³/mol. The lowest BCUT2D eigenvalue weighted by Crippen LogP contribution is -2.23. The van der Waals surface area contributed by atoms with Crippen molar-refractivity contribution < 1.29 is 4.79 Å². The Labute approximate surface area is 114 Å². The smallest absolute Gasteiger partial charge is 0.251 e. The lowest BCUT2D eigenvalue weighted by molar-refractivity contribution is 0.0950. The number of benzene rings is 1. The summed E-state index contributed by atoms with van der Waals surface area (Å²) >= 11 is 3.33. The standard InChI is InChI=1S/C13H12BrN3O/c1-9-15-7-6-12(17-9)8-16-13(18)10-2-4-11(14)5-3-10/h2-7H,8H2,1H3,(H,16,18). The number of hydrogen-bond acceptors (Lipinski definition) is 3. The molecule has 1 aromatic carbocycles. The first-order chi connectivity index (χ1) is 8.65. The van der Waals surface area contributed by atoms with Crippen LogP contribution in [0, 0.1) is 6.92 Å². The monoisotopic (exact) mass is 305 g/mol. The first-order valence-corrected chi connectivity index (χ1v) is 6.27. The van der Waals surface area contributed by atoms with Crippen molar-refractivity contribution >= 4 is 21.8 Å². The highest BCUT2D eigenvalue weighted by atomic mass is 79.9. The predicted octanol–water partition coefficient (Wildman–Crippen LogP) is 2.48. The molecule has 0 atom stereocenters. The molecule has 0 fully saturated rings. The highest BCUT2D eigenvalue weighted by Gasteiger charge is 2.05. The molecule has 0 unspecified atom stereocenters. The molecular formula is C13H12BrN3O. The molecule has 0 aliphatic heterocycles. The highest BCUT2D eigenvalue weighted by molar-refractivity contribution is 9.10. The van der Waals surface area contributed by atoms with Crippen molar-refractivity contribution in [2.24, 2.45) is 0 Å². The van der Waals surface area contributed by atoms with E-state index in [1.165, 1.54) is 0 Å². The number of rotatable bonds is 3. The maximum Gasteiger partial charge on any atom is 0.251 e. The Hall–Kier alpha value is -1.75. The Morgan fingerprint density at radius 3 is 2.67 bits per heavy atom. The maximum absolute atomic E-state index is 11.8. The summed E-state index contributed by atoms with van der Waals surface area (Å²) in [7, 11) is 0. The minimum absolute atomic E-state index is 0.112. The molecule has 0 spiro atoms. The summed E-state index contributed by atoms with van der Waals surface area (Å²) in [5.41, 5.74) is 1.43.